The molecule has 198 valence electrons. The van der Waals surface area contributed by atoms with E-state index in [2.05, 4.69) is 27.2 Å². The monoisotopic (exact) mass is 506 g/mol. The maximum absolute atomic E-state index is 13.5. The van der Waals surface area contributed by atoms with Crippen LogP contribution in [-0.4, -0.2) is 90.6 Å². The number of aryl methyl sites for hydroxylation is 2. The van der Waals surface area contributed by atoms with Gasteiger partial charge >= 0.3 is 0 Å². The van der Waals surface area contributed by atoms with Gasteiger partial charge in [0.2, 0.25) is 11.9 Å². The van der Waals surface area contributed by atoms with E-state index in [9.17, 15) is 9.59 Å². The summed E-state index contributed by atoms with van der Waals surface area (Å²) in [7, 11) is 0. The number of amides is 2. The molecule has 2 aromatic rings. The molecule has 0 aliphatic carbocycles. The fraction of sp³-hybridized carbons (Fsp3) is 0.571. The van der Waals surface area contributed by atoms with E-state index in [1.165, 1.54) is 0 Å². The van der Waals surface area contributed by atoms with Crippen molar-refractivity contribution in [2.24, 2.45) is 11.8 Å². The Balaban J connectivity index is 1.17. The Morgan fingerprint density at radius 2 is 1.62 bits per heavy atom. The Bertz CT molecular complexity index is 1080. The third-order valence-electron chi connectivity index (χ3n) is 7.93. The lowest BCUT2D eigenvalue weighted by atomic mass is 10.0. The molecule has 0 spiro atoms. The van der Waals surface area contributed by atoms with E-state index in [0.29, 0.717) is 36.6 Å². The van der Waals surface area contributed by atoms with Crippen LogP contribution in [0.25, 0.3) is 0 Å². The van der Waals surface area contributed by atoms with Crippen LogP contribution in [0.4, 0.5) is 5.95 Å². The topological polar surface area (TPSA) is 90.9 Å². The minimum absolute atomic E-state index is 0.00570. The summed E-state index contributed by atoms with van der Waals surface area (Å²) in [6.45, 7) is 12.8. The first-order chi connectivity index (χ1) is 17.9. The zero-order chi connectivity index (χ0) is 25.9. The zero-order valence-corrected chi connectivity index (χ0v) is 22.2. The average Bonchev–Trinajstić information content (AvgIpc) is 3.46. The fourth-order valence-electron chi connectivity index (χ4n) is 6.07. The van der Waals surface area contributed by atoms with Crippen molar-refractivity contribution in [1.82, 2.24) is 25.1 Å². The number of anilines is 1. The van der Waals surface area contributed by atoms with Gasteiger partial charge in [-0.15, -0.1) is 0 Å². The van der Waals surface area contributed by atoms with E-state index < -0.39 is 0 Å². The van der Waals surface area contributed by atoms with E-state index in [0.717, 1.165) is 69.2 Å². The van der Waals surface area contributed by atoms with Crippen molar-refractivity contribution in [3.63, 3.8) is 0 Å². The van der Waals surface area contributed by atoms with Gasteiger partial charge < -0.3 is 24.8 Å². The molecule has 0 bridgehead atoms. The SMILES string of the molecule is CC(=O)N[C@H](CCN1CC2CN(C(=O)c3c(C)nc(N4CCOCC4)nc3C)CC2C1)c1ccccc1. The molecule has 3 aliphatic heterocycles. The van der Waals surface area contributed by atoms with Gasteiger partial charge in [-0.1, -0.05) is 30.3 Å². The van der Waals surface area contributed by atoms with E-state index >= 15 is 0 Å². The number of aromatic nitrogens is 2. The second-order valence-corrected chi connectivity index (χ2v) is 10.6. The molecular weight excluding hydrogens is 468 g/mol. The smallest absolute Gasteiger partial charge is 0.257 e. The third-order valence-corrected chi connectivity index (χ3v) is 7.93. The highest BCUT2D eigenvalue weighted by atomic mass is 16.5. The molecule has 3 saturated heterocycles. The number of fused-ring (bicyclic) bond motifs is 1. The van der Waals surface area contributed by atoms with E-state index in [4.69, 9.17) is 14.7 Å². The van der Waals surface area contributed by atoms with Crippen LogP contribution in [0, 0.1) is 25.7 Å². The van der Waals surface area contributed by atoms with Crippen molar-refractivity contribution < 1.29 is 14.3 Å². The summed E-state index contributed by atoms with van der Waals surface area (Å²) in [6, 6.07) is 10.2. The number of hydrogen-bond acceptors (Lipinski definition) is 7. The molecule has 9 nitrogen and oxygen atoms in total. The number of carbonyl (C=O) groups excluding carboxylic acids is 2. The molecule has 9 heteroatoms. The van der Waals surface area contributed by atoms with Crippen LogP contribution < -0.4 is 10.2 Å². The highest BCUT2D eigenvalue weighted by molar-refractivity contribution is 5.96. The predicted molar refractivity (Wildman–Crippen MR) is 141 cm³/mol. The molecule has 0 radical (unpaired) electrons. The molecule has 0 saturated carbocycles. The second-order valence-electron chi connectivity index (χ2n) is 10.6. The van der Waals surface area contributed by atoms with Crippen molar-refractivity contribution >= 4 is 17.8 Å². The van der Waals surface area contributed by atoms with Gasteiger partial charge in [0.05, 0.1) is 36.2 Å². The van der Waals surface area contributed by atoms with Gasteiger partial charge in [0.15, 0.2) is 0 Å². The zero-order valence-electron chi connectivity index (χ0n) is 22.2. The first-order valence-electron chi connectivity index (χ1n) is 13.4. The van der Waals surface area contributed by atoms with Gasteiger partial charge in [-0.05, 0) is 37.7 Å². The number of ether oxygens (including phenoxy) is 1. The maximum Gasteiger partial charge on any atom is 0.257 e. The van der Waals surface area contributed by atoms with Gasteiger partial charge in [0.25, 0.3) is 5.91 Å². The summed E-state index contributed by atoms with van der Waals surface area (Å²) in [6.07, 6.45) is 0.872. The van der Waals surface area contributed by atoms with Gasteiger partial charge in [-0.2, -0.15) is 0 Å². The summed E-state index contributed by atoms with van der Waals surface area (Å²) in [5, 5.41) is 3.11. The molecule has 3 fully saturated rings. The number of rotatable bonds is 7. The highest BCUT2D eigenvalue weighted by Crippen LogP contribution is 2.33. The molecule has 5 rings (SSSR count). The minimum Gasteiger partial charge on any atom is -0.378 e. The predicted octanol–water partition coefficient (Wildman–Crippen LogP) is 2.20. The van der Waals surface area contributed by atoms with Gasteiger partial charge in [-0.25, -0.2) is 9.97 Å². The van der Waals surface area contributed by atoms with Crippen LogP contribution in [0.1, 0.15) is 46.7 Å². The summed E-state index contributed by atoms with van der Waals surface area (Å²) >= 11 is 0. The summed E-state index contributed by atoms with van der Waals surface area (Å²) in [4.78, 5) is 41.3. The quantitative estimate of drug-likeness (QED) is 0.616. The number of nitrogens with zero attached hydrogens (tertiary/aromatic N) is 5. The van der Waals surface area contributed by atoms with Gasteiger partial charge in [0, 0.05) is 52.7 Å². The molecule has 3 atom stereocenters. The van der Waals surface area contributed by atoms with Crippen LogP contribution in [0.15, 0.2) is 30.3 Å². The van der Waals surface area contributed by atoms with Crippen LogP contribution in [0.2, 0.25) is 0 Å². The number of carbonyl (C=O) groups is 2. The number of likely N-dealkylation sites (tertiary alicyclic amines) is 2. The van der Waals surface area contributed by atoms with Crippen molar-refractivity contribution in [3.8, 4) is 0 Å². The number of hydrogen-bond donors (Lipinski definition) is 1. The number of morpholine rings is 1. The third kappa shape index (κ3) is 5.78. The van der Waals surface area contributed by atoms with Crippen molar-refractivity contribution in [2.75, 3.05) is 63.9 Å². The Morgan fingerprint density at radius 1 is 1.00 bits per heavy atom. The maximum atomic E-state index is 13.5. The molecule has 2 amide bonds. The first kappa shape index (κ1) is 25.6. The molecule has 1 N–H and O–H groups in total. The Kier molecular flexibility index (Phi) is 7.71. The van der Waals surface area contributed by atoms with E-state index in [1.54, 1.807) is 6.92 Å². The fourth-order valence-corrected chi connectivity index (χ4v) is 6.07. The van der Waals surface area contributed by atoms with Gasteiger partial charge in [-0.3, -0.25) is 9.59 Å². The Hall–Kier alpha value is -3.04. The summed E-state index contributed by atoms with van der Waals surface area (Å²) < 4.78 is 5.44. The average molecular weight is 507 g/mol. The van der Waals surface area contributed by atoms with Crippen molar-refractivity contribution in [2.45, 2.75) is 33.2 Å². The van der Waals surface area contributed by atoms with E-state index in [-0.39, 0.29) is 17.9 Å². The van der Waals surface area contributed by atoms with Crippen LogP contribution in [0.3, 0.4) is 0 Å². The standard InChI is InChI=1S/C28H38N6O3/c1-19-26(20(2)30-28(29-19)33-11-13-37-14-12-33)27(36)34-17-23-15-32(16-24(23)18-34)10-9-25(31-21(3)35)22-7-5-4-6-8-22/h4-8,23-25H,9-18H2,1-3H3,(H,31,35)/t23?,24?,25-/m1/s1. The van der Waals surface area contributed by atoms with Crippen molar-refractivity contribution in [3.05, 3.63) is 52.8 Å². The largest absolute Gasteiger partial charge is 0.378 e. The van der Waals surface area contributed by atoms with Crippen LogP contribution in [0.5, 0.6) is 0 Å². The lowest BCUT2D eigenvalue weighted by Gasteiger charge is -2.28. The Morgan fingerprint density at radius 3 is 2.22 bits per heavy atom. The first-order valence-corrected chi connectivity index (χ1v) is 13.4. The molecular formula is C28H38N6O3. The second kappa shape index (κ2) is 11.1. The Labute approximate surface area is 219 Å². The molecule has 4 heterocycles. The minimum atomic E-state index is -0.00570. The van der Waals surface area contributed by atoms with Crippen LogP contribution in [-0.2, 0) is 9.53 Å². The molecule has 1 aromatic carbocycles. The lowest BCUT2D eigenvalue weighted by molar-refractivity contribution is -0.119. The molecule has 2 unspecified atom stereocenters. The van der Waals surface area contributed by atoms with Crippen molar-refractivity contribution in [1.29, 1.82) is 0 Å². The van der Waals surface area contributed by atoms with E-state index in [1.807, 2.05) is 36.9 Å². The summed E-state index contributed by atoms with van der Waals surface area (Å²) in [5.74, 6) is 1.70. The summed E-state index contributed by atoms with van der Waals surface area (Å²) in [5.41, 5.74) is 3.29. The molecule has 37 heavy (non-hydrogen) atoms. The highest BCUT2D eigenvalue weighted by Gasteiger charge is 2.42. The lowest BCUT2D eigenvalue weighted by Crippen LogP contribution is -2.38. The number of nitrogens with one attached hydrogen (secondary N) is 1. The molecule has 3 aliphatic rings. The van der Waals surface area contributed by atoms with Gasteiger partial charge in [0.1, 0.15) is 0 Å². The van der Waals surface area contributed by atoms with Crippen LogP contribution >= 0.6 is 0 Å². The number of benzene rings is 1. The molecule has 1 aromatic heterocycles. The normalized spacial score (nSPS) is 22.7.